The van der Waals surface area contributed by atoms with E-state index in [0.29, 0.717) is 11.1 Å². The lowest BCUT2D eigenvalue weighted by Crippen LogP contribution is -2.34. The first-order valence-corrected chi connectivity index (χ1v) is 7.37. The van der Waals surface area contributed by atoms with Gasteiger partial charge >= 0.3 is 0 Å². The van der Waals surface area contributed by atoms with Gasteiger partial charge in [0.25, 0.3) is 17.5 Å². The topological polar surface area (TPSA) is 114 Å². The molecule has 0 saturated carbocycles. The van der Waals surface area contributed by atoms with Crippen molar-refractivity contribution in [3.8, 4) is 0 Å². The zero-order valence-electron chi connectivity index (χ0n) is 13.4. The molecule has 0 atom stereocenters. The van der Waals surface area contributed by atoms with Gasteiger partial charge in [0.2, 0.25) is 0 Å². The summed E-state index contributed by atoms with van der Waals surface area (Å²) in [5, 5.41) is 16.9. The van der Waals surface area contributed by atoms with Crippen LogP contribution in [0.15, 0.2) is 53.6 Å². The molecule has 0 aliphatic heterocycles. The molecular formula is C17H16N4O4. The monoisotopic (exact) mass is 340 g/mol. The SMILES string of the molecule is Cc1ccc(C(=O)NCC(=O)N/N=C\c2cccc([N+](=O)[O-])c2)cc1. The molecule has 0 fully saturated rings. The molecule has 0 aliphatic rings. The van der Waals surface area contributed by atoms with Gasteiger partial charge in [0.15, 0.2) is 0 Å². The van der Waals surface area contributed by atoms with Crippen LogP contribution in [-0.2, 0) is 4.79 Å². The fourth-order valence-electron chi connectivity index (χ4n) is 1.90. The van der Waals surface area contributed by atoms with Crippen molar-refractivity contribution in [2.45, 2.75) is 6.92 Å². The van der Waals surface area contributed by atoms with E-state index in [1.165, 1.54) is 24.4 Å². The van der Waals surface area contributed by atoms with E-state index in [-0.39, 0.29) is 18.1 Å². The van der Waals surface area contributed by atoms with Crippen LogP contribution >= 0.6 is 0 Å². The second-order valence-electron chi connectivity index (χ2n) is 5.19. The van der Waals surface area contributed by atoms with Crippen molar-refractivity contribution in [2.24, 2.45) is 5.10 Å². The number of nitro benzene ring substituents is 1. The van der Waals surface area contributed by atoms with E-state index < -0.39 is 10.8 Å². The van der Waals surface area contributed by atoms with Gasteiger partial charge in [0.05, 0.1) is 17.7 Å². The Balaban J connectivity index is 1.82. The molecule has 25 heavy (non-hydrogen) atoms. The Morgan fingerprint density at radius 1 is 1.20 bits per heavy atom. The third-order valence-electron chi connectivity index (χ3n) is 3.21. The van der Waals surface area contributed by atoms with Gasteiger partial charge in [-0.05, 0) is 19.1 Å². The van der Waals surface area contributed by atoms with E-state index in [0.717, 1.165) is 5.56 Å². The van der Waals surface area contributed by atoms with E-state index in [4.69, 9.17) is 0 Å². The maximum atomic E-state index is 11.9. The lowest BCUT2D eigenvalue weighted by molar-refractivity contribution is -0.384. The highest BCUT2D eigenvalue weighted by Crippen LogP contribution is 2.11. The second kappa shape index (κ2) is 8.34. The molecule has 128 valence electrons. The van der Waals surface area contributed by atoms with Crippen LogP contribution in [0.25, 0.3) is 0 Å². The molecule has 2 amide bonds. The molecule has 0 radical (unpaired) electrons. The van der Waals surface area contributed by atoms with E-state index >= 15 is 0 Å². The molecule has 0 aliphatic carbocycles. The van der Waals surface area contributed by atoms with E-state index in [9.17, 15) is 19.7 Å². The third-order valence-corrected chi connectivity index (χ3v) is 3.21. The minimum atomic E-state index is -0.517. The number of hydrogen-bond donors (Lipinski definition) is 2. The number of non-ortho nitro benzene ring substituents is 1. The molecule has 0 aromatic heterocycles. The summed E-state index contributed by atoms with van der Waals surface area (Å²) in [6.07, 6.45) is 1.28. The Labute approximate surface area is 143 Å². The summed E-state index contributed by atoms with van der Waals surface area (Å²) in [5.74, 6) is -0.875. The molecular weight excluding hydrogens is 324 g/mol. The number of rotatable bonds is 6. The van der Waals surface area contributed by atoms with E-state index in [1.807, 2.05) is 6.92 Å². The molecule has 0 spiro atoms. The average molecular weight is 340 g/mol. The van der Waals surface area contributed by atoms with Crippen LogP contribution < -0.4 is 10.7 Å². The average Bonchev–Trinajstić information content (AvgIpc) is 2.60. The molecule has 8 nitrogen and oxygen atoms in total. The smallest absolute Gasteiger partial charge is 0.270 e. The van der Waals surface area contributed by atoms with Gasteiger partial charge in [-0.3, -0.25) is 19.7 Å². The van der Waals surface area contributed by atoms with Crippen molar-refractivity contribution < 1.29 is 14.5 Å². The summed E-state index contributed by atoms with van der Waals surface area (Å²) in [4.78, 5) is 33.7. The Hall–Kier alpha value is -3.55. The molecule has 0 bridgehead atoms. The standard InChI is InChI=1S/C17H16N4O4/c1-12-5-7-14(8-6-12)17(23)18-11-16(22)20-19-10-13-3-2-4-15(9-13)21(24)25/h2-10H,11H2,1H3,(H,18,23)(H,20,22)/b19-10-. The predicted octanol–water partition coefficient (Wildman–Crippen LogP) is 1.78. The summed E-state index contributed by atoms with van der Waals surface area (Å²) in [7, 11) is 0. The largest absolute Gasteiger partial charge is 0.343 e. The predicted molar refractivity (Wildman–Crippen MR) is 92.3 cm³/mol. The van der Waals surface area contributed by atoms with Crippen LogP contribution in [0.2, 0.25) is 0 Å². The maximum absolute atomic E-state index is 11.9. The van der Waals surface area contributed by atoms with Crippen LogP contribution in [0.4, 0.5) is 5.69 Å². The lowest BCUT2D eigenvalue weighted by Gasteiger charge is -2.04. The summed E-state index contributed by atoms with van der Waals surface area (Å²) in [6, 6.07) is 12.8. The van der Waals surface area contributed by atoms with Crippen molar-refractivity contribution in [1.29, 1.82) is 0 Å². The van der Waals surface area contributed by atoms with Crippen LogP contribution in [0.1, 0.15) is 21.5 Å². The number of nitro groups is 1. The second-order valence-corrected chi connectivity index (χ2v) is 5.19. The molecule has 0 heterocycles. The minimum absolute atomic E-state index is 0.0689. The summed E-state index contributed by atoms with van der Waals surface area (Å²) in [5.41, 5.74) is 4.13. The Bertz CT molecular complexity index is 816. The van der Waals surface area contributed by atoms with Crippen molar-refractivity contribution in [1.82, 2.24) is 10.7 Å². The number of carbonyl (C=O) groups excluding carboxylic acids is 2. The highest BCUT2D eigenvalue weighted by atomic mass is 16.6. The Kier molecular flexibility index (Phi) is 5.94. The van der Waals surface area contributed by atoms with Crippen LogP contribution in [-0.4, -0.2) is 29.5 Å². The fraction of sp³-hybridized carbons (Fsp3) is 0.118. The van der Waals surface area contributed by atoms with Crippen molar-refractivity contribution >= 4 is 23.7 Å². The van der Waals surface area contributed by atoms with Gasteiger partial charge in [-0.1, -0.05) is 29.8 Å². The van der Waals surface area contributed by atoms with Gasteiger partial charge in [0.1, 0.15) is 0 Å². The molecule has 8 heteroatoms. The third kappa shape index (κ3) is 5.54. The highest BCUT2D eigenvalue weighted by molar-refractivity contribution is 5.96. The van der Waals surface area contributed by atoms with Crippen LogP contribution in [0, 0.1) is 17.0 Å². The van der Waals surface area contributed by atoms with Gasteiger partial charge in [-0.25, -0.2) is 5.43 Å². The Morgan fingerprint density at radius 2 is 1.92 bits per heavy atom. The number of nitrogens with zero attached hydrogens (tertiary/aromatic N) is 2. The molecule has 2 rings (SSSR count). The lowest BCUT2D eigenvalue weighted by atomic mass is 10.1. The Morgan fingerprint density at radius 3 is 2.60 bits per heavy atom. The summed E-state index contributed by atoms with van der Waals surface area (Å²) in [6.45, 7) is 1.67. The van der Waals surface area contributed by atoms with Crippen molar-refractivity contribution in [2.75, 3.05) is 6.54 Å². The summed E-state index contributed by atoms with van der Waals surface area (Å²) < 4.78 is 0. The molecule has 2 N–H and O–H groups in total. The number of hydrogen-bond acceptors (Lipinski definition) is 5. The number of aryl methyl sites for hydroxylation is 1. The van der Waals surface area contributed by atoms with Crippen molar-refractivity contribution in [3.05, 3.63) is 75.3 Å². The zero-order valence-corrected chi connectivity index (χ0v) is 13.4. The van der Waals surface area contributed by atoms with Crippen LogP contribution in [0.3, 0.4) is 0 Å². The fourth-order valence-corrected chi connectivity index (χ4v) is 1.90. The first-order chi connectivity index (χ1) is 12.0. The number of hydrazone groups is 1. The molecule has 2 aromatic rings. The van der Waals surface area contributed by atoms with Crippen LogP contribution in [0.5, 0.6) is 0 Å². The summed E-state index contributed by atoms with van der Waals surface area (Å²) >= 11 is 0. The maximum Gasteiger partial charge on any atom is 0.270 e. The normalized spacial score (nSPS) is 10.4. The number of amides is 2. The van der Waals surface area contributed by atoms with Gasteiger partial charge in [-0.2, -0.15) is 5.10 Å². The van der Waals surface area contributed by atoms with E-state index in [1.54, 1.807) is 30.3 Å². The number of nitrogens with one attached hydrogen (secondary N) is 2. The van der Waals surface area contributed by atoms with Gasteiger partial charge < -0.3 is 5.32 Å². The first-order valence-electron chi connectivity index (χ1n) is 7.37. The van der Waals surface area contributed by atoms with Gasteiger partial charge in [0, 0.05) is 23.3 Å². The highest BCUT2D eigenvalue weighted by Gasteiger charge is 2.07. The van der Waals surface area contributed by atoms with Crippen molar-refractivity contribution in [3.63, 3.8) is 0 Å². The number of benzene rings is 2. The molecule has 2 aromatic carbocycles. The quantitative estimate of drug-likeness (QED) is 0.474. The molecule has 0 unspecified atom stereocenters. The zero-order chi connectivity index (χ0) is 18.2. The minimum Gasteiger partial charge on any atom is -0.343 e. The molecule has 0 saturated heterocycles. The van der Waals surface area contributed by atoms with Gasteiger partial charge in [-0.15, -0.1) is 0 Å². The first kappa shape index (κ1) is 17.8. The number of carbonyl (C=O) groups is 2. The van der Waals surface area contributed by atoms with E-state index in [2.05, 4.69) is 15.8 Å².